The smallest absolute Gasteiger partial charge is 0.256 e. The van der Waals surface area contributed by atoms with Crippen LogP contribution in [0.3, 0.4) is 0 Å². The van der Waals surface area contributed by atoms with E-state index in [1.54, 1.807) is 19.1 Å². The Morgan fingerprint density at radius 3 is 2.60 bits per heavy atom. The van der Waals surface area contributed by atoms with E-state index in [-0.39, 0.29) is 5.56 Å². The van der Waals surface area contributed by atoms with Crippen molar-refractivity contribution in [1.29, 1.82) is 0 Å². The molecule has 0 aromatic heterocycles. The van der Waals surface area contributed by atoms with Crippen molar-refractivity contribution >= 4 is 27.5 Å². The maximum absolute atomic E-state index is 13.5. The van der Waals surface area contributed by atoms with E-state index in [0.29, 0.717) is 16.1 Å². The molecule has 1 amide bonds. The standard InChI is InChI=1S/C14H9BrF3NO/c1-7-9(3-2-4-10(7)15)14(20)19-12-6-8(16)5-11(17)13(12)18/h2-6H,1H3,(H,19,20). The van der Waals surface area contributed by atoms with Gasteiger partial charge in [-0.3, -0.25) is 4.79 Å². The van der Waals surface area contributed by atoms with Crippen molar-refractivity contribution in [2.45, 2.75) is 6.92 Å². The van der Waals surface area contributed by atoms with E-state index in [4.69, 9.17) is 0 Å². The topological polar surface area (TPSA) is 29.1 Å². The van der Waals surface area contributed by atoms with E-state index in [1.807, 2.05) is 0 Å². The Kier molecular flexibility index (Phi) is 4.13. The Morgan fingerprint density at radius 2 is 1.90 bits per heavy atom. The average molecular weight is 344 g/mol. The van der Waals surface area contributed by atoms with Crippen LogP contribution < -0.4 is 5.32 Å². The van der Waals surface area contributed by atoms with E-state index in [9.17, 15) is 18.0 Å². The zero-order chi connectivity index (χ0) is 14.9. The van der Waals surface area contributed by atoms with Gasteiger partial charge in [0.15, 0.2) is 11.6 Å². The van der Waals surface area contributed by atoms with Crippen molar-refractivity contribution < 1.29 is 18.0 Å². The van der Waals surface area contributed by atoms with Gasteiger partial charge in [-0.25, -0.2) is 13.2 Å². The van der Waals surface area contributed by atoms with Crippen LogP contribution in [-0.2, 0) is 0 Å². The van der Waals surface area contributed by atoms with Crippen LogP contribution in [0.5, 0.6) is 0 Å². The molecule has 0 aliphatic heterocycles. The number of carbonyl (C=O) groups is 1. The molecule has 2 aromatic carbocycles. The van der Waals surface area contributed by atoms with Gasteiger partial charge in [-0.15, -0.1) is 0 Å². The summed E-state index contributed by atoms with van der Waals surface area (Å²) in [6.45, 7) is 1.70. The van der Waals surface area contributed by atoms with Crippen LogP contribution in [0.2, 0.25) is 0 Å². The van der Waals surface area contributed by atoms with Gasteiger partial charge in [-0.1, -0.05) is 22.0 Å². The maximum Gasteiger partial charge on any atom is 0.256 e. The summed E-state index contributed by atoms with van der Waals surface area (Å²) < 4.78 is 40.3. The van der Waals surface area contributed by atoms with Crippen LogP contribution in [0, 0.1) is 24.4 Å². The summed E-state index contributed by atoms with van der Waals surface area (Å²) in [5.41, 5.74) is 0.387. The molecule has 2 rings (SSSR count). The van der Waals surface area contributed by atoms with Crippen LogP contribution >= 0.6 is 15.9 Å². The Hall–Kier alpha value is -1.82. The van der Waals surface area contributed by atoms with Crippen LogP contribution in [0.15, 0.2) is 34.8 Å². The minimum Gasteiger partial charge on any atom is -0.319 e. The molecule has 1 N–H and O–H groups in total. The van der Waals surface area contributed by atoms with Crippen molar-refractivity contribution in [2.75, 3.05) is 5.32 Å². The van der Waals surface area contributed by atoms with Crippen LogP contribution in [0.25, 0.3) is 0 Å². The molecular weight excluding hydrogens is 335 g/mol. The summed E-state index contributed by atoms with van der Waals surface area (Å²) in [4.78, 5) is 12.0. The molecule has 0 aliphatic carbocycles. The first-order valence-electron chi connectivity index (χ1n) is 5.61. The normalized spacial score (nSPS) is 10.4. The first-order chi connectivity index (χ1) is 9.40. The van der Waals surface area contributed by atoms with E-state index >= 15 is 0 Å². The van der Waals surface area contributed by atoms with Crippen molar-refractivity contribution in [1.82, 2.24) is 0 Å². The second-order valence-electron chi connectivity index (χ2n) is 4.12. The summed E-state index contributed by atoms with van der Waals surface area (Å²) in [6.07, 6.45) is 0. The lowest BCUT2D eigenvalue weighted by molar-refractivity contribution is 0.102. The molecular formula is C14H9BrF3NO. The van der Waals surface area contributed by atoms with Gasteiger partial charge in [-0.05, 0) is 24.6 Å². The number of anilines is 1. The van der Waals surface area contributed by atoms with Gasteiger partial charge in [0.25, 0.3) is 5.91 Å². The quantitative estimate of drug-likeness (QED) is 0.803. The first kappa shape index (κ1) is 14.6. The van der Waals surface area contributed by atoms with Gasteiger partial charge in [0.2, 0.25) is 0 Å². The number of hydrogen-bond acceptors (Lipinski definition) is 1. The fraction of sp³-hybridized carbons (Fsp3) is 0.0714. The molecule has 0 atom stereocenters. The highest BCUT2D eigenvalue weighted by Gasteiger charge is 2.16. The molecule has 20 heavy (non-hydrogen) atoms. The van der Waals surface area contributed by atoms with Crippen molar-refractivity contribution in [2.24, 2.45) is 0 Å². The predicted octanol–water partition coefficient (Wildman–Crippen LogP) is 4.43. The summed E-state index contributed by atoms with van der Waals surface area (Å²) in [6, 6.07) is 6.05. The Morgan fingerprint density at radius 1 is 1.20 bits per heavy atom. The van der Waals surface area contributed by atoms with Gasteiger partial charge < -0.3 is 5.32 Å². The lowest BCUT2D eigenvalue weighted by Gasteiger charge is -2.10. The number of benzene rings is 2. The zero-order valence-corrected chi connectivity index (χ0v) is 11.9. The van der Waals surface area contributed by atoms with Crippen LogP contribution in [0.4, 0.5) is 18.9 Å². The molecule has 0 saturated heterocycles. The molecule has 0 spiro atoms. The Balaban J connectivity index is 2.35. The van der Waals surface area contributed by atoms with E-state index in [0.717, 1.165) is 6.07 Å². The average Bonchev–Trinajstić information content (AvgIpc) is 2.38. The maximum atomic E-state index is 13.5. The summed E-state index contributed by atoms with van der Waals surface area (Å²) >= 11 is 3.26. The molecule has 0 radical (unpaired) electrons. The second kappa shape index (κ2) is 5.66. The highest BCUT2D eigenvalue weighted by atomic mass is 79.9. The number of rotatable bonds is 2. The van der Waals surface area contributed by atoms with Crippen LogP contribution in [-0.4, -0.2) is 5.91 Å². The van der Waals surface area contributed by atoms with Crippen LogP contribution in [0.1, 0.15) is 15.9 Å². The predicted molar refractivity (Wildman–Crippen MR) is 73.1 cm³/mol. The van der Waals surface area contributed by atoms with Crippen molar-refractivity contribution in [3.8, 4) is 0 Å². The van der Waals surface area contributed by atoms with E-state index in [1.165, 1.54) is 6.07 Å². The highest BCUT2D eigenvalue weighted by Crippen LogP contribution is 2.23. The lowest BCUT2D eigenvalue weighted by Crippen LogP contribution is -2.15. The molecule has 2 nitrogen and oxygen atoms in total. The SMILES string of the molecule is Cc1c(Br)cccc1C(=O)Nc1cc(F)cc(F)c1F. The first-order valence-corrected chi connectivity index (χ1v) is 6.40. The minimum absolute atomic E-state index is 0.281. The number of halogens is 4. The Labute approximate surface area is 121 Å². The molecule has 0 aliphatic rings. The molecule has 0 heterocycles. The third kappa shape index (κ3) is 2.85. The number of amides is 1. The van der Waals surface area contributed by atoms with Gasteiger partial charge in [0.05, 0.1) is 5.69 Å². The van der Waals surface area contributed by atoms with Gasteiger partial charge >= 0.3 is 0 Å². The molecule has 104 valence electrons. The molecule has 2 aromatic rings. The van der Waals surface area contributed by atoms with Gasteiger partial charge in [0, 0.05) is 22.2 Å². The second-order valence-corrected chi connectivity index (χ2v) is 4.97. The minimum atomic E-state index is -1.36. The van der Waals surface area contributed by atoms with E-state index in [2.05, 4.69) is 21.2 Å². The number of nitrogens with one attached hydrogen (secondary N) is 1. The third-order valence-electron chi connectivity index (χ3n) is 2.75. The summed E-state index contributed by atoms with van der Waals surface area (Å²) in [5, 5.41) is 2.16. The third-order valence-corrected chi connectivity index (χ3v) is 3.61. The number of hydrogen-bond donors (Lipinski definition) is 1. The summed E-state index contributed by atoms with van der Waals surface area (Å²) in [5.74, 6) is -4.27. The largest absolute Gasteiger partial charge is 0.319 e. The molecule has 0 unspecified atom stereocenters. The lowest BCUT2D eigenvalue weighted by atomic mass is 10.1. The zero-order valence-electron chi connectivity index (χ0n) is 10.3. The number of carbonyl (C=O) groups excluding carboxylic acids is 1. The molecule has 6 heteroatoms. The van der Waals surface area contributed by atoms with Crippen molar-refractivity contribution in [3.05, 3.63) is 63.4 Å². The fourth-order valence-corrected chi connectivity index (χ4v) is 2.06. The highest BCUT2D eigenvalue weighted by molar-refractivity contribution is 9.10. The van der Waals surface area contributed by atoms with Crippen molar-refractivity contribution in [3.63, 3.8) is 0 Å². The molecule has 0 bridgehead atoms. The van der Waals surface area contributed by atoms with E-state index < -0.39 is 29.0 Å². The monoisotopic (exact) mass is 343 g/mol. The molecule has 0 saturated carbocycles. The molecule has 0 fully saturated rings. The summed E-state index contributed by atoms with van der Waals surface area (Å²) in [7, 11) is 0. The van der Waals surface area contributed by atoms with Gasteiger partial charge in [-0.2, -0.15) is 0 Å². The fourth-order valence-electron chi connectivity index (χ4n) is 1.69. The van der Waals surface area contributed by atoms with Gasteiger partial charge in [0.1, 0.15) is 5.82 Å². The Bertz CT molecular complexity index is 688.